The van der Waals surface area contributed by atoms with E-state index >= 15 is 0 Å². The van der Waals surface area contributed by atoms with Crippen LogP contribution in [-0.2, 0) is 14.6 Å². The van der Waals surface area contributed by atoms with Crippen LogP contribution in [0.15, 0.2) is 49.3 Å². The maximum atomic E-state index is 13.1. The van der Waals surface area contributed by atoms with Gasteiger partial charge in [0, 0.05) is 67.9 Å². The molecule has 0 saturated carbocycles. The maximum absolute atomic E-state index is 13.1. The molecule has 0 bridgehead atoms. The number of nitrogens with zero attached hydrogens (tertiary/aromatic N) is 6. The molecule has 3 aliphatic heterocycles. The van der Waals surface area contributed by atoms with Crippen LogP contribution in [0.1, 0.15) is 64.0 Å². The Morgan fingerprint density at radius 1 is 1.11 bits per heavy atom. The Labute approximate surface area is 271 Å². The average Bonchev–Trinajstić information content (AvgIpc) is 3.28. The zero-order valence-electron chi connectivity index (χ0n) is 27.0. The van der Waals surface area contributed by atoms with Crippen LogP contribution in [0.25, 0.3) is 10.8 Å². The van der Waals surface area contributed by atoms with Gasteiger partial charge < -0.3 is 25.1 Å². The number of fused-ring (bicyclic) bond motifs is 1. The van der Waals surface area contributed by atoms with Gasteiger partial charge in [0.05, 0.1) is 17.4 Å². The lowest BCUT2D eigenvalue weighted by molar-refractivity contribution is -0.128. The summed E-state index contributed by atoms with van der Waals surface area (Å²) in [6.45, 7) is 10.4. The lowest BCUT2D eigenvalue weighted by Gasteiger charge is -2.48. The number of rotatable bonds is 8. The predicted molar refractivity (Wildman–Crippen MR) is 182 cm³/mol. The van der Waals surface area contributed by atoms with Gasteiger partial charge in [-0.3, -0.25) is 4.79 Å². The van der Waals surface area contributed by atoms with E-state index in [1.807, 2.05) is 30.2 Å². The second kappa shape index (κ2) is 12.8. The van der Waals surface area contributed by atoms with Gasteiger partial charge in [0.2, 0.25) is 11.9 Å². The van der Waals surface area contributed by atoms with Crippen LogP contribution in [0, 0.1) is 5.92 Å². The third-order valence-electron chi connectivity index (χ3n) is 9.93. The normalized spacial score (nSPS) is 23.5. The van der Waals surface area contributed by atoms with Crippen molar-refractivity contribution in [1.29, 1.82) is 0 Å². The first-order chi connectivity index (χ1) is 21.9. The first-order valence-electron chi connectivity index (χ1n) is 16.3. The molecule has 2 N–H and O–H groups in total. The van der Waals surface area contributed by atoms with Crippen molar-refractivity contribution in [3.05, 3.63) is 54.9 Å². The number of sulfone groups is 1. The molecule has 0 aliphatic carbocycles. The van der Waals surface area contributed by atoms with Crippen molar-refractivity contribution in [2.75, 3.05) is 53.3 Å². The van der Waals surface area contributed by atoms with Gasteiger partial charge in [-0.25, -0.2) is 18.4 Å². The van der Waals surface area contributed by atoms with Crippen molar-refractivity contribution < 1.29 is 18.3 Å². The van der Waals surface area contributed by atoms with Crippen molar-refractivity contribution in [3.8, 4) is 0 Å². The highest BCUT2D eigenvalue weighted by atomic mass is 32.2. The molecule has 5 heterocycles. The zero-order chi connectivity index (χ0) is 32.6. The maximum Gasteiger partial charge on any atom is 0.246 e. The first-order valence-corrected chi connectivity index (χ1v) is 18.4. The van der Waals surface area contributed by atoms with Gasteiger partial charge in [-0.15, -0.1) is 0 Å². The van der Waals surface area contributed by atoms with E-state index in [1.165, 1.54) is 12.3 Å². The monoisotopic (exact) mass is 647 g/mol. The Hall–Kier alpha value is -3.77. The summed E-state index contributed by atoms with van der Waals surface area (Å²) >= 11 is 0. The Morgan fingerprint density at radius 2 is 1.89 bits per heavy atom. The molecule has 12 heteroatoms. The fraction of sp³-hybridized carbons (Fsp3) is 0.529. The molecule has 3 saturated heterocycles. The summed E-state index contributed by atoms with van der Waals surface area (Å²) in [5, 5.41) is 15.7. The summed E-state index contributed by atoms with van der Waals surface area (Å²) in [7, 11) is -3.08. The molecule has 0 spiro atoms. The number of hydrogen-bond acceptors (Lipinski definition) is 10. The molecule has 1 aromatic carbocycles. The van der Waals surface area contributed by atoms with Crippen LogP contribution in [0.4, 0.5) is 23.3 Å². The van der Waals surface area contributed by atoms with Gasteiger partial charge in [-0.1, -0.05) is 25.5 Å². The van der Waals surface area contributed by atoms with E-state index in [9.17, 15) is 18.3 Å². The topological polar surface area (TPSA) is 132 Å². The van der Waals surface area contributed by atoms with Crippen molar-refractivity contribution in [2.45, 2.75) is 70.1 Å². The highest BCUT2D eigenvalue weighted by molar-refractivity contribution is 7.90. The lowest BCUT2D eigenvalue weighted by atomic mass is 9.88. The van der Waals surface area contributed by atoms with Crippen LogP contribution in [0.2, 0.25) is 0 Å². The minimum Gasteiger partial charge on any atom is -0.390 e. The Bertz CT molecular complexity index is 1720. The van der Waals surface area contributed by atoms with Crippen molar-refractivity contribution in [2.24, 2.45) is 5.92 Å². The number of benzene rings is 1. The summed E-state index contributed by atoms with van der Waals surface area (Å²) in [5.41, 5.74) is 1.41. The standard InChI is InChI=1S/C34H45N7O4S/c1-5-32(42)40-16-8-6-7-9-28(40)25-10-11-29(41-21-24(23(41)2)22-46(4,44)45)27-20-36-31(19-26(25)27)37-30-12-15-35-33(38-30)39-17-13-34(3,43)14-18-39/h5,10-12,15,19-20,23-24,28,43H,1,6-9,13-14,16-18,21-22H2,2-4H3,(H,35,36,37,38)/t23-,24-,28-/m1/s1. The van der Waals surface area contributed by atoms with Gasteiger partial charge in [0.15, 0.2) is 0 Å². The summed E-state index contributed by atoms with van der Waals surface area (Å²) in [5.74, 6) is 2.02. The van der Waals surface area contributed by atoms with Crippen LogP contribution in [-0.4, -0.2) is 89.1 Å². The molecular formula is C34H45N7O4S. The smallest absolute Gasteiger partial charge is 0.246 e. The largest absolute Gasteiger partial charge is 0.390 e. The van der Waals surface area contributed by atoms with Gasteiger partial charge >= 0.3 is 0 Å². The molecule has 46 heavy (non-hydrogen) atoms. The number of aromatic nitrogens is 3. The van der Waals surface area contributed by atoms with E-state index in [0.717, 1.165) is 47.7 Å². The zero-order valence-corrected chi connectivity index (χ0v) is 27.8. The Kier molecular flexibility index (Phi) is 8.95. The molecule has 3 aromatic rings. The average molecular weight is 648 g/mol. The molecule has 0 unspecified atom stereocenters. The van der Waals surface area contributed by atoms with E-state index in [0.29, 0.717) is 56.6 Å². The number of aliphatic hydroxyl groups is 1. The molecule has 11 nitrogen and oxygen atoms in total. The lowest BCUT2D eigenvalue weighted by Crippen LogP contribution is -2.57. The SMILES string of the molecule is C=CC(=O)N1CCCCC[C@@H]1c1ccc(N2C[C@H](CS(C)(=O)=O)[C@H]2C)c2cnc(Nc3ccnc(N4CCC(C)(O)CC4)n3)cc12. The molecular weight excluding hydrogens is 602 g/mol. The van der Waals surface area contributed by atoms with Crippen molar-refractivity contribution in [1.82, 2.24) is 19.9 Å². The number of likely N-dealkylation sites (tertiary alicyclic amines) is 1. The number of pyridine rings is 1. The predicted octanol–water partition coefficient (Wildman–Crippen LogP) is 4.62. The van der Waals surface area contributed by atoms with Gasteiger partial charge in [0.1, 0.15) is 21.5 Å². The number of nitrogens with one attached hydrogen (secondary N) is 1. The van der Waals surface area contributed by atoms with E-state index < -0.39 is 15.4 Å². The van der Waals surface area contributed by atoms with Gasteiger partial charge in [-0.05, 0) is 74.8 Å². The Balaban J connectivity index is 1.36. The minimum atomic E-state index is -3.08. The summed E-state index contributed by atoms with van der Waals surface area (Å²) in [6, 6.07) is 8.05. The number of carbonyl (C=O) groups excluding carboxylic acids is 1. The van der Waals surface area contributed by atoms with Crippen molar-refractivity contribution >= 4 is 49.8 Å². The number of amides is 1. The van der Waals surface area contributed by atoms with Gasteiger partial charge in [-0.2, -0.15) is 4.98 Å². The number of piperidine rings is 1. The van der Waals surface area contributed by atoms with Crippen molar-refractivity contribution in [3.63, 3.8) is 0 Å². The van der Waals surface area contributed by atoms with Crippen LogP contribution in [0.5, 0.6) is 0 Å². The number of hydrogen-bond donors (Lipinski definition) is 2. The van der Waals surface area contributed by atoms with Crippen LogP contribution >= 0.6 is 0 Å². The fourth-order valence-corrected chi connectivity index (χ4v) is 8.31. The summed E-state index contributed by atoms with van der Waals surface area (Å²) in [4.78, 5) is 33.4. The quantitative estimate of drug-likeness (QED) is 0.334. The third-order valence-corrected chi connectivity index (χ3v) is 11.0. The molecule has 2 aromatic heterocycles. The second-order valence-electron chi connectivity index (χ2n) is 13.5. The molecule has 6 rings (SSSR count). The summed E-state index contributed by atoms with van der Waals surface area (Å²) < 4.78 is 24.0. The molecule has 0 radical (unpaired) electrons. The molecule has 1 amide bonds. The van der Waals surface area contributed by atoms with Crippen LogP contribution in [0.3, 0.4) is 0 Å². The molecule has 246 valence electrons. The highest BCUT2D eigenvalue weighted by Crippen LogP contribution is 2.42. The van der Waals surface area contributed by atoms with Crippen LogP contribution < -0.4 is 15.1 Å². The van der Waals surface area contributed by atoms with E-state index in [1.54, 1.807) is 6.20 Å². The number of carbonyl (C=O) groups is 1. The Morgan fingerprint density at radius 3 is 2.61 bits per heavy atom. The first kappa shape index (κ1) is 32.2. The third kappa shape index (κ3) is 6.83. The molecule has 3 atom stereocenters. The fourth-order valence-electron chi connectivity index (χ4n) is 7.15. The van der Waals surface area contributed by atoms with E-state index in [-0.39, 0.29) is 29.7 Å². The van der Waals surface area contributed by atoms with Gasteiger partial charge in [0.25, 0.3) is 0 Å². The molecule has 3 aliphatic rings. The summed E-state index contributed by atoms with van der Waals surface area (Å²) in [6.07, 6.45) is 11.5. The molecule has 3 fully saturated rings. The second-order valence-corrected chi connectivity index (χ2v) is 15.7. The highest BCUT2D eigenvalue weighted by Gasteiger charge is 2.39. The van der Waals surface area contributed by atoms with E-state index in [2.05, 4.69) is 45.7 Å². The number of anilines is 4. The van der Waals surface area contributed by atoms with E-state index in [4.69, 9.17) is 9.97 Å². The minimum absolute atomic E-state index is 0.0655.